The Labute approximate surface area is 145 Å². The van der Waals surface area contributed by atoms with E-state index in [4.69, 9.17) is 4.74 Å². The smallest absolute Gasteiger partial charge is 0.219 e. The third kappa shape index (κ3) is 3.92. The van der Waals surface area contributed by atoms with Crippen LogP contribution in [0.4, 0.5) is 0 Å². The minimum atomic E-state index is 0.211. The van der Waals surface area contributed by atoms with Crippen molar-refractivity contribution in [2.75, 3.05) is 39.8 Å². The highest BCUT2D eigenvalue weighted by atomic mass is 16.5. The van der Waals surface area contributed by atoms with Crippen molar-refractivity contribution in [1.29, 1.82) is 0 Å². The molecular formula is C20H30N2O2. The first-order valence-corrected chi connectivity index (χ1v) is 9.32. The Balaban J connectivity index is 1.49. The third-order valence-corrected chi connectivity index (χ3v) is 5.65. The normalized spacial score (nSPS) is 21.4. The first-order valence-electron chi connectivity index (χ1n) is 9.32. The van der Waals surface area contributed by atoms with Crippen molar-refractivity contribution in [3.05, 3.63) is 29.3 Å². The van der Waals surface area contributed by atoms with Gasteiger partial charge in [0.15, 0.2) is 0 Å². The number of hydrogen-bond acceptors (Lipinski definition) is 3. The van der Waals surface area contributed by atoms with Gasteiger partial charge in [-0.25, -0.2) is 0 Å². The highest BCUT2D eigenvalue weighted by Crippen LogP contribution is 2.38. The van der Waals surface area contributed by atoms with Crippen molar-refractivity contribution in [2.45, 2.75) is 44.9 Å². The van der Waals surface area contributed by atoms with E-state index in [1.807, 2.05) is 4.90 Å². The van der Waals surface area contributed by atoms with Crippen LogP contribution in [-0.4, -0.2) is 55.5 Å². The molecule has 1 aliphatic carbocycles. The summed E-state index contributed by atoms with van der Waals surface area (Å²) < 4.78 is 5.55. The van der Waals surface area contributed by atoms with Crippen LogP contribution in [0.5, 0.6) is 5.75 Å². The molecule has 3 rings (SSSR count). The Morgan fingerprint density at radius 1 is 1.25 bits per heavy atom. The molecule has 4 heteroatoms. The number of amides is 1. The number of carbonyl (C=O) groups excluding carboxylic acids is 1. The molecule has 0 aromatic heterocycles. The van der Waals surface area contributed by atoms with Crippen LogP contribution in [0.15, 0.2) is 18.2 Å². The Morgan fingerprint density at radius 2 is 2.04 bits per heavy atom. The molecule has 0 saturated carbocycles. The summed E-state index contributed by atoms with van der Waals surface area (Å²) >= 11 is 0. The molecule has 0 bridgehead atoms. The van der Waals surface area contributed by atoms with Gasteiger partial charge in [-0.2, -0.15) is 0 Å². The van der Waals surface area contributed by atoms with Gasteiger partial charge in [0.25, 0.3) is 0 Å². The number of ether oxygens (including phenoxy) is 1. The first kappa shape index (κ1) is 17.3. The van der Waals surface area contributed by atoms with Gasteiger partial charge in [-0.3, -0.25) is 9.69 Å². The van der Waals surface area contributed by atoms with E-state index < -0.39 is 0 Å². The van der Waals surface area contributed by atoms with Crippen LogP contribution in [-0.2, 0) is 11.2 Å². The van der Waals surface area contributed by atoms with Crippen molar-refractivity contribution in [2.24, 2.45) is 0 Å². The minimum Gasteiger partial charge on any atom is -0.496 e. The van der Waals surface area contributed by atoms with Crippen LogP contribution in [0.1, 0.15) is 49.7 Å². The summed E-state index contributed by atoms with van der Waals surface area (Å²) in [6.45, 7) is 6.65. The first-order chi connectivity index (χ1) is 11.7. The second-order valence-electron chi connectivity index (χ2n) is 7.11. The molecule has 0 N–H and O–H groups in total. The molecule has 24 heavy (non-hydrogen) atoms. The highest BCUT2D eigenvalue weighted by Gasteiger charge is 2.23. The molecule has 1 amide bonds. The number of rotatable bonds is 5. The van der Waals surface area contributed by atoms with Gasteiger partial charge in [-0.05, 0) is 61.8 Å². The van der Waals surface area contributed by atoms with E-state index in [1.165, 1.54) is 36.8 Å². The maximum absolute atomic E-state index is 11.4. The van der Waals surface area contributed by atoms with E-state index in [2.05, 4.69) is 23.1 Å². The molecule has 2 aliphatic rings. The lowest BCUT2D eigenvalue weighted by atomic mass is 9.80. The molecule has 1 saturated heterocycles. The number of carbonyl (C=O) groups is 1. The molecule has 1 aromatic rings. The third-order valence-electron chi connectivity index (χ3n) is 5.65. The number of benzene rings is 1. The van der Waals surface area contributed by atoms with Gasteiger partial charge in [0.05, 0.1) is 7.11 Å². The number of nitrogens with zero attached hydrogens (tertiary/aromatic N) is 2. The van der Waals surface area contributed by atoms with Crippen LogP contribution >= 0.6 is 0 Å². The van der Waals surface area contributed by atoms with E-state index in [9.17, 15) is 4.79 Å². The maximum atomic E-state index is 11.4. The lowest BCUT2D eigenvalue weighted by molar-refractivity contribution is -0.130. The van der Waals surface area contributed by atoms with E-state index in [0.29, 0.717) is 5.92 Å². The van der Waals surface area contributed by atoms with Crippen LogP contribution in [0.3, 0.4) is 0 Å². The van der Waals surface area contributed by atoms with Crippen molar-refractivity contribution in [3.63, 3.8) is 0 Å². The Morgan fingerprint density at radius 3 is 2.75 bits per heavy atom. The van der Waals surface area contributed by atoms with Gasteiger partial charge >= 0.3 is 0 Å². The number of methoxy groups -OCH3 is 1. The van der Waals surface area contributed by atoms with Gasteiger partial charge < -0.3 is 9.64 Å². The topological polar surface area (TPSA) is 32.8 Å². The lowest BCUT2D eigenvalue weighted by Crippen LogP contribution is -2.48. The van der Waals surface area contributed by atoms with Crippen molar-refractivity contribution in [3.8, 4) is 5.75 Å². The Kier molecular flexibility index (Phi) is 5.77. The summed E-state index contributed by atoms with van der Waals surface area (Å²) in [4.78, 5) is 15.9. The predicted octanol–water partition coefficient (Wildman–Crippen LogP) is 3.06. The van der Waals surface area contributed by atoms with Gasteiger partial charge in [-0.1, -0.05) is 12.1 Å². The zero-order valence-electron chi connectivity index (χ0n) is 15.1. The van der Waals surface area contributed by atoms with Crippen molar-refractivity contribution in [1.82, 2.24) is 9.80 Å². The van der Waals surface area contributed by atoms with E-state index in [0.717, 1.165) is 44.9 Å². The Hall–Kier alpha value is -1.55. The molecule has 0 radical (unpaired) electrons. The summed E-state index contributed by atoms with van der Waals surface area (Å²) in [5.74, 6) is 1.96. The zero-order valence-corrected chi connectivity index (χ0v) is 15.1. The monoisotopic (exact) mass is 330 g/mol. The molecule has 1 aliphatic heterocycles. The van der Waals surface area contributed by atoms with Crippen molar-refractivity contribution >= 4 is 5.91 Å². The number of fused-ring (bicyclic) bond motifs is 1. The maximum Gasteiger partial charge on any atom is 0.219 e. The Bertz CT molecular complexity index is 565. The standard InChI is InChI=1S/C20H30N2O2/c1-16(23)22-14-12-21(13-15-22)11-5-7-17-6-3-9-19-18(17)8-4-10-20(19)24-2/h4,8,10,17H,3,5-7,9,11-15H2,1-2H3. The summed E-state index contributed by atoms with van der Waals surface area (Å²) in [5, 5.41) is 0. The average Bonchev–Trinajstić information content (AvgIpc) is 2.62. The number of hydrogen-bond donors (Lipinski definition) is 0. The minimum absolute atomic E-state index is 0.211. The van der Waals surface area contributed by atoms with Crippen LogP contribution in [0.2, 0.25) is 0 Å². The van der Waals surface area contributed by atoms with Crippen LogP contribution in [0, 0.1) is 0 Å². The molecule has 0 spiro atoms. The SMILES string of the molecule is COc1cccc2c1CCCC2CCCN1CCN(C(C)=O)CC1. The molecule has 1 aromatic carbocycles. The van der Waals surface area contributed by atoms with Gasteiger partial charge in [0.2, 0.25) is 5.91 Å². The molecule has 1 fully saturated rings. The fourth-order valence-corrected chi connectivity index (χ4v) is 4.25. The highest BCUT2D eigenvalue weighted by molar-refractivity contribution is 5.73. The van der Waals surface area contributed by atoms with E-state index >= 15 is 0 Å². The average molecular weight is 330 g/mol. The molecular weight excluding hydrogens is 300 g/mol. The molecule has 1 heterocycles. The predicted molar refractivity (Wildman–Crippen MR) is 96.6 cm³/mol. The van der Waals surface area contributed by atoms with Gasteiger partial charge in [0.1, 0.15) is 5.75 Å². The second-order valence-corrected chi connectivity index (χ2v) is 7.11. The van der Waals surface area contributed by atoms with Crippen molar-refractivity contribution < 1.29 is 9.53 Å². The summed E-state index contributed by atoms with van der Waals surface area (Å²) in [5.41, 5.74) is 2.95. The van der Waals surface area contributed by atoms with Gasteiger partial charge in [0, 0.05) is 33.1 Å². The lowest BCUT2D eigenvalue weighted by Gasteiger charge is -2.34. The quantitative estimate of drug-likeness (QED) is 0.832. The largest absolute Gasteiger partial charge is 0.496 e. The number of piperazine rings is 1. The van der Waals surface area contributed by atoms with Gasteiger partial charge in [-0.15, -0.1) is 0 Å². The summed E-state index contributed by atoms with van der Waals surface area (Å²) in [7, 11) is 1.78. The molecule has 4 nitrogen and oxygen atoms in total. The summed E-state index contributed by atoms with van der Waals surface area (Å²) in [6, 6.07) is 6.53. The second kappa shape index (κ2) is 8.02. The summed E-state index contributed by atoms with van der Waals surface area (Å²) in [6.07, 6.45) is 6.23. The molecule has 1 unspecified atom stereocenters. The zero-order chi connectivity index (χ0) is 16.9. The fraction of sp³-hybridized carbons (Fsp3) is 0.650. The molecule has 1 atom stereocenters. The van der Waals surface area contributed by atoms with Crippen LogP contribution in [0.25, 0.3) is 0 Å². The molecule has 132 valence electrons. The van der Waals surface area contributed by atoms with E-state index in [-0.39, 0.29) is 5.91 Å². The van der Waals surface area contributed by atoms with Crippen LogP contribution < -0.4 is 4.74 Å². The fourth-order valence-electron chi connectivity index (χ4n) is 4.25. The van der Waals surface area contributed by atoms with E-state index in [1.54, 1.807) is 14.0 Å².